The standard InChI is InChI=1S/C23H20F3N3O6S/c1-13-19(21(31)35-9-8-30)20(17-7-6-14(12-27)10-18(17)36(2,33)34)28-22(32)29(13)16-5-3-4-15(11-16)23(24,25)26/h3-7,10-11,20,30H,8-9H2,1-2H3,(H,28,32). The molecular weight excluding hydrogens is 503 g/mol. The summed E-state index contributed by atoms with van der Waals surface area (Å²) in [4.78, 5) is 26.6. The summed E-state index contributed by atoms with van der Waals surface area (Å²) in [6, 6.07) is 7.00. The van der Waals surface area contributed by atoms with Gasteiger partial charge in [0, 0.05) is 12.0 Å². The van der Waals surface area contributed by atoms with Gasteiger partial charge in [0.1, 0.15) is 6.61 Å². The highest BCUT2D eigenvalue weighted by Gasteiger charge is 2.40. The van der Waals surface area contributed by atoms with Crippen molar-refractivity contribution in [1.29, 1.82) is 5.26 Å². The van der Waals surface area contributed by atoms with Crippen LogP contribution in [-0.4, -0.2) is 45.0 Å². The molecule has 1 atom stereocenters. The van der Waals surface area contributed by atoms with Crippen LogP contribution in [0.5, 0.6) is 0 Å². The molecule has 1 aliphatic heterocycles. The van der Waals surface area contributed by atoms with Crippen LogP contribution in [0.4, 0.5) is 23.7 Å². The predicted octanol–water partition coefficient (Wildman–Crippen LogP) is 3.06. The second-order valence-electron chi connectivity index (χ2n) is 7.76. The van der Waals surface area contributed by atoms with Gasteiger partial charge in [-0.15, -0.1) is 0 Å². The van der Waals surface area contributed by atoms with E-state index in [1.807, 2.05) is 6.07 Å². The number of carbonyl (C=O) groups excluding carboxylic acids is 2. The lowest BCUT2D eigenvalue weighted by atomic mass is 9.93. The number of hydrogen-bond acceptors (Lipinski definition) is 7. The molecule has 2 amide bonds. The van der Waals surface area contributed by atoms with Crippen molar-refractivity contribution in [2.24, 2.45) is 0 Å². The summed E-state index contributed by atoms with van der Waals surface area (Å²) in [5.41, 5.74) is -1.65. The number of nitrogens with zero attached hydrogens (tertiary/aromatic N) is 2. The number of hydrogen-bond donors (Lipinski definition) is 2. The van der Waals surface area contributed by atoms with E-state index in [1.54, 1.807) is 0 Å². The minimum atomic E-state index is -4.70. The van der Waals surface area contributed by atoms with Gasteiger partial charge in [0.15, 0.2) is 9.84 Å². The van der Waals surface area contributed by atoms with Crippen molar-refractivity contribution < 1.29 is 41.0 Å². The van der Waals surface area contributed by atoms with Crippen LogP contribution >= 0.6 is 0 Å². The van der Waals surface area contributed by atoms with Crippen molar-refractivity contribution in [2.75, 3.05) is 24.4 Å². The fourth-order valence-corrected chi connectivity index (χ4v) is 4.71. The zero-order chi connectivity index (χ0) is 26.8. The van der Waals surface area contributed by atoms with Crippen molar-refractivity contribution >= 4 is 27.5 Å². The van der Waals surface area contributed by atoms with Crippen LogP contribution in [0.25, 0.3) is 0 Å². The Balaban J connectivity index is 2.26. The van der Waals surface area contributed by atoms with Crippen molar-refractivity contribution in [2.45, 2.75) is 24.0 Å². The van der Waals surface area contributed by atoms with Crippen LogP contribution in [0.15, 0.2) is 58.6 Å². The second-order valence-corrected chi connectivity index (χ2v) is 9.75. The van der Waals surface area contributed by atoms with Gasteiger partial charge >= 0.3 is 18.2 Å². The predicted molar refractivity (Wildman–Crippen MR) is 120 cm³/mol. The quantitative estimate of drug-likeness (QED) is 0.555. The number of alkyl halides is 3. The van der Waals surface area contributed by atoms with E-state index in [1.165, 1.54) is 25.1 Å². The molecular formula is C23H20F3N3O6S. The van der Waals surface area contributed by atoms with E-state index >= 15 is 0 Å². The minimum absolute atomic E-state index is 0.0111. The molecule has 36 heavy (non-hydrogen) atoms. The van der Waals surface area contributed by atoms with Crippen molar-refractivity contribution in [1.82, 2.24) is 5.32 Å². The zero-order valence-corrected chi connectivity index (χ0v) is 19.8. The maximum absolute atomic E-state index is 13.3. The van der Waals surface area contributed by atoms with E-state index < -0.39 is 52.8 Å². The molecule has 190 valence electrons. The molecule has 1 unspecified atom stereocenters. The highest BCUT2D eigenvalue weighted by molar-refractivity contribution is 7.90. The van der Waals surface area contributed by atoms with Crippen LogP contribution in [0.2, 0.25) is 0 Å². The van der Waals surface area contributed by atoms with Crippen LogP contribution < -0.4 is 10.2 Å². The lowest BCUT2D eigenvalue weighted by Crippen LogP contribution is -2.48. The van der Waals surface area contributed by atoms with E-state index in [0.29, 0.717) is 0 Å². The largest absolute Gasteiger partial charge is 0.460 e. The Bertz CT molecular complexity index is 1400. The molecule has 0 saturated carbocycles. The van der Waals surface area contributed by atoms with Gasteiger partial charge in [0.25, 0.3) is 0 Å². The number of rotatable bonds is 6. The van der Waals surface area contributed by atoms with Crippen molar-refractivity contribution in [3.05, 3.63) is 70.4 Å². The number of urea groups is 1. The van der Waals surface area contributed by atoms with E-state index in [0.717, 1.165) is 35.4 Å². The Labute approximate surface area is 204 Å². The highest BCUT2D eigenvalue weighted by atomic mass is 32.2. The Morgan fingerprint density at radius 2 is 1.94 bits per heavy atom. The Morgan fingerprint density at radius 1 is 1.25 bits per heavy atom. The normalized spacial score (nSPS) is 16.4. The summed E-state index contributed by atoms with van der Waals surface area (Å²) in [6.45, 7) is 0.343. The van der Waals surface area contributed by atoms with Crippen LogP contribution in [0, 0.1) is 11.3 Å². The first kappa shape index (κ1) is 26.7. The molecule has 9 nitrogen and oxygen atoms in total. The average molecular weight is 523 g/mol. The molecule has 2 N–H and O–H groups in total. The molecule has 1 aliphatic rings. The first-order chi connectivity index (χ1) is 16.8. The molecule has 0 bridgehead atoms. The molecule has 0 aliphatic carbocycles. The summed E-state index contributed by atoms with van der Waals surface area (Å²) >= 11 is 0. The summed E-state index contributed by atoms with van der Waals surface area (Å²) in [6.07, 6.45) is -3.81. The third kappa shape index (κ3) is 5.34. The van der Waals surface area contributed by atoms with E-state index in [9.17, 15) is 36.4 Å². The number of nitriles is 1. The van der Waals surface area contributed by atoms with Gasteiger partial charge < -0.3 is 15.2 Å². The maximum atomic E-state index is 13.3. The van der Waals surface area contributed by atoms with E-state index in [4.69, 9.17) is 9.84 Å². The number of nitrogens with one attached hydrogen (secondary N) is 1. The first-order valence-corrected chi connectivity index (χ1v) is 12.2. The Kier molecular flexibility index (Phi) is 7.42. The van der Waals surface area contributed by atoms with Crippen LogP contribution in [0.3, 0.4) is 0 Å². The number of benzene rings is 2. The Morgan fingerprint density at radius 3 is 2.53 bits per heavy atom. The molecule has 2 aromatic rings. The van der Waals surface area contributed by atoms with Gasteiger partial charge in [-0.05, 0) is 42.8 Å². The number of anilines is 1. The topological polar surface area (TPSA) is 137 Å². The summed E-state index contributed by atoms with van der Waals surface area (Å²) in [7, 11) is -3.96. The summed E-state index contributed by atoms with van der Waals surface area (Å²) < 4.78 is 69.8. The van der Waals surface area contributed by atoms with Crippen molar-refractivity contribution in [3.8, 4) is 6.07 Å². The smallest absolute Gasteiger partial charge is 0.416 e. The molecule has 1 heterocycles. The molecule has 3 rings (SSSR count). The summed E-state index contributed by atoms with van der Waals surface area (Å²) in [5.74, 6) is -1.03. The monoisotopic (exact) mass is 523 g/mol. The first-order valence-electron chi connectivity index (χ1n) is 10.3. The number of halogens is 3. The number of esters is 1. The molecule has 0 aromatic heterocycles. The lowest BCUT2D eigenvalue weighted by Gasteiger charge is -2.36. The molecule has 0 spiro atoms. The molecule has 13 heteroatoms. The minimum Gasteiger partial charge on any atom is -0.460 e. The van der Waals surface area contributed by atoms with Crippen LogP contribution in [0.1, 0.15) is 29.7 Å². The summed E-state index contributed by atoms with van der Waals surface area (Å²) in [5, 5.41) is 20.7. The number of allylic oxidation sites excluding steroid dienone is 1. The SMILES string of the molecule is CC1=C(C(=O)OCCO)C(c2ccc(C#N)cc2S(C)(=O)=O)NC(=O)N1c1cccc(C(F)(F)F)c1. The van der Waals surface area contributed by atoms with Crippen molar-refractivity contribution in [3.63, 3.8) is 0 Å². The van der Waals surface area contributed by atoms with E-state index in [-0.39, 0.29) is 33.0 Å². The third-order valence-corrected chi connectivity index (χ3v) is 6.47. The maximum Gasteiger partial charge on any atom is 0.416 e. The molecule has 0 radical (unpaired) electrons. The number of sulfone groups is 1. The number of amides is 2. The fourth-order valence-electron chi connectivity index (χ4n) is 3.75. The number of aliphatic hydroxyl groups is 1. The Hall–Kier alpha value is -3.89. The van der Waals surface area contributed by atoms with Gasteiger partial charge in [-0.25, -0.2) is 18.0 Å². The average Bonchev–Trinajstić information content (AvgIpc) is 2.81. The fraction of sp³-hybridized carbons (Fsp3) is 0.261. The van der Waals surface area contributed by atoms with Gasteiger partial charge in [-0.2, -0.15) is 18.4 Å². The van der Waals surface area contributed by atoms with Gasteiger partial charge in [0.05, 0.1) is 46.0 Å². The lowest BCUT2D eigenvalue weighted by molar-refractivity contribution is -0.140. The van der Waals surface area contributed by atoms with Crippen LogP contribution in [-0.2, 0) is 25.5 Å². The second kappa shape index (κ2) is 10.00. The number of carbonyl (C=O) groups is 2. The number of aliphatic hydroxyl groups excluding tert-OH is 1. The third-order valence-electron chi connectivity index (χ3n) is 5.31. The highest BCUT2D eigenvalue weighted by Crippen LogP contribution is 2.38. The van der Waals surface area contributed by atoms with Gasteiger partial charge in [0.2, 0.25) is 0 Å². The van der Waals surface area contributed by atoms with Gasteiger partial charge in [-0.1, -0.05) is 12.1 Å². The molecule has 0 fully saturated rings. The zero-order valence-electron chi connectivity index (χ0n) is 19.0. The van der Waals surface area contributed by atoms with E-state index in [2.05, 4.69) is 5.32 Å². The molecule has 2 aromatic carbocycles. The number of ether oxygens (including phenoxy) is 1. The van der Waals surface area contributed by atoms with Gasteiger partial charge in [-0.3, -0.25) is 4.90 Å². The molecule has 0 saturated heterocycles.